The number of ether oxygens (including phenoxy) is 1. The molecular weight excluding hydrogens is 242 g/mol. The summed E-state index contributed by atoms with van der Waals surface area (Å²) in [5.74, 6) is -0.159. The van der Waals surface area contributed by atoms with Gasteiger partial charge in [0.25, 0.3) is 0 Å². The zero-order chi connectivity index (χ0) is 13.5. The van der Waals surface area contributed by atoms with Gasteiger partial charge < -0.3 is 15.2 Å². The normalized spacial score (nSPS) is 12.6. The van der Waals surface area contributed by atoms with Gasteiger partial charge in [0.15, 0.2) is 0 Å². The average Bonchev–Trinajstić information content (AvgIpc) is 2.13. The van der Waals surface area contributed by atoms with Crippen molar-refractivity contribution < 1.29 is 19.4 Å². The van der Waals surface area contributed by atoms with Gasteiger partial charge in [-0.05, 0) is 20.8 Å². The number of hydrogen-bond acceptors (Lipinski definition) is 4. The predicted molar refractivity (Wildman–Crippen MR) is 68.3 cm³/mol. The molecule has 0 aromatic heterocycles. The molecule has 0 radical (unpaired) electrons. The van der Waals surface area contributed by atoms with Crippen molar-refractivity contribution >= 4 is 23.8 Å². The van der Waals surface area contributed by atoms with Crippen LogP contribution in [0.4, 0.5) is 4.79 Å². The van der Waals surface area contributed by atoms with E-state index < -0.39 is 23.7 Å². The molecule has 0 aromatic carbocycles. The number of alkyl carbamates (subject to hydrolysis) is 1. The smallest absolute Gasteiger partial charge is 0.408 e. The van der Waals surface area contributed by atoms with Crippen molar-refractivity contribution in [1.29, 1.82) is 0 Å². The largest absolute Gasteiger partial charge is 0.480 e. The molecule has 0 spiro atoms. The summed E-state index contributed by atoms with van der Waals surface area (Å²) < 4.78 is 4.98. The van der Waals surface area contributed by atoms with Gasteiger partial charge >= 0.3 is 12.1 Å². The van der Waals surface area contributed by atoms with E-state index in [1.165, 1.54) is 11.8 Å². The first-order valence-electron chi connectivity index (χ1n) is 5.17. The van der Waals surface area contributed by atoms with E-state index >= 15 is 0 Å². The Morgan fingerprint density at radius 2 is 2.12 bits per heavy atom. The summed E-state index contributed by atoms with van der Waals surface area (Å²) in [4.78, 5) is 22.3. The van der Waals surface area contributed by atoms with Gasteiger partial charge in [-0.25, -0.2) is 9.59 Å². The van der Waals surface area contributed by atoms with E-state index in [2.05, 4.69) is 11.9 Å². The molecule has 17 heavy (non-hydrogen) atoms. The first kappa shape index (κ1) is 15.8. The molecule has 5 nitrogen and oxygen atoms in total. The molecule has 0 heterocycles. The van der Waals surface area contributed by atoms with Gasteiger partial charge in [-0.15, -0.1) is 6.58 Å². The standard InChI is InChI=1S/C11H19NO4S/c1-5-6-17-7-8(9(13)14)12-10(15)16-11(2,3)4/h5,8H,1,6-7H2,2-4H3,(H,12,15)(H,13,14)/t8-/m0/s1. The molecule has 6 heteroatoms. The lowest BCUT2D eigenvalue weighted by Gasteiger charge is -2.21. The molecule has 0 unspecified atom stereocenters. The van der Waals surface area contributed by atoms with Crippen molar-refractivity contribution in [2.24, 2.45) is 0 Å². The van der Waals surface area contributed by atoms with Crippen molar-refractivity contribution in [2.75, 3.05) is 11.5 Å². The Balaban J connectivity index is 4.20. The number of aliphatic carboxylic acids is 1. The van der Waals surface area contributed by atoms with Crippen LogP contribution in [-0.4, -0.2) is 40.3 Å². The number of rotatable bonds is 6. The topological polar surface area (TPSA) is 75.6 Å². The molecule has 0 saturated carbocycles. The van der Waals surface area contributed by atoms with Gasteiger partial charge in [0.1, 0.15) is 11.6 Å². The second kappa shape index (κ2) is 7.21. The van der Waals surface area contributed by atoms with Crippen LogP contribution in [0.3, 0.4) is 0 Å². The van der Waals surface area contributed by atoms with Crippen LogP contribution in [0.2, 0.25) is 0 Å². The first-order chi connectivity index (χ1) is 7.76. The molecule has 2 N–H and O–H groups in total. The van der Waals surface area contributed by atoms with Crippen LogP contribution in [-0.2, 0) is 9.53 Å². The number of carboxylic acid groups (broad SMARTS) is 1. The molecular formula is C11H19NO4S. The van der Waals surface area contributed by atoms with Crippen LogP contribution in [0.25, 0.3) is 0 Å². The lowest BCUT2D eigenvalue weighted by Crippen LogP contribution is -2.44. The van der Waals surface area contributed by atoms with Crippen LogP contribution in [0.15, 0.2) is 12.7 Å². The van der Waals surface area contributed by atoms with Crippen LogP contribution < -0.4 is 5.32 Å². The lowest BCUT2D eigenvalue weighted by atomic mass is 10.2. The maximum Gasteiger partial charge on any atom is 0.408 e. The maximum atomic E-state index is 11.4. The number of amides is 1. The zero-order valence-electron chi connectivity index (χ0n) is 10.4. The Hall–Kier alpha value is -1.17. The molecule has 98 valence electrons. The third kappa shape index (κ3) is 8.62. The van der Waals surface area contributed by atoms with E-state index in [9.17, 15) is 9.59 Å². The third-order valence-electron chi connectivity index (χ3n) is 1.51. The minimum atomic E-state index is -1.08. The number of thioether (sulfide) groups is 1. The van der Waals surface area contributed by atoms with Gasteiger partial charge in [0.2, 0.25) is 0 Å². The number of hydrogen-bond donors (Lipinski definition) is 2. The van der Waals surface area contributed by atoms with E-state index in [-0.39, 0.29) is 5.75 Å². The number of nitrogens with one attached hydrogen (secondary N) is 1. The molecule has 0 aliphatic rings. The molecule has 1 amide bonds. The van der Waals surface area contributed by atoms with Gasteiger partial charge in [0, 0.05) is 11.5 Å². The minimum absolute atomic E-state index is 0.278. The lowest BCUT2D eigenvalue weighted by molar-refractivity contribution is -0.138. The Bertz CT molecular complexity index is 286. The summed E-state index contributed by atoms with van der Waals surface area (Å²) in [6, 6.07) is -0.949. The maximum absolute atomic E-state index is 11.4. The van der Waals surface area contributed by atoms with Gasteiger partial charge in [-0.3, -0.25) is 0 Å². The van der Waals surface area contributed by atoms with Crippen LogP contribution in [0, 0.1) is 0 Å². The fraction of sp³-hybridized carbons (Fsp3) is 0.636. The summed E-state index contributed by atoms with van der Waals surface area (Å²) >= 11 is 1.38. The summed E-state index contributed by atoms with van der Waals surface area (Å²) in [5.41, 5.74) is -0.638. The molecule has 0 bridgehead atoms. The summed E-state index contributed by atoms with van der Waals surface area (Å²) in [5, 5.41) is 11.2. The molecule has 0 aromatic rings. The van der Waals surface area contributed by atoms with Crippen molar-refractivity contribution in [1.82, 2.24) is 5.32 Å². The van der Waals surface area contributed by atoms with E-state index in [0.717, 1.165) is 0 Å². The summed E-state index contributed by atoms with van der Waals surface area (Å²) in [7, 11) is 0. The molecule has 0 aliphatic carbocycles. The van der Waals surface area contributed by atoms with Crippen LogP contribution >= 0.6 is 11.8 Å². The Labute approximate surface area is 106 Å². The minimum Gasteiger partial charge on any atom is -0.480 e. The summed E-state index contributed by atoms with van der Waals surface area (Å²) in [6.07, 6.45) is 0.959. The molecule has 1 atom stereocenters. The van der Waals surface area contributed by atoms with Gasteiger partial charge in [-0.1, -0.05) is 6.08 Å². The number of carboxylic acids is 1. The van der Waals surface area contributed by atoms with E-state index in [1.807, 2.05) is 0 Å². The molecule has 0 rings (SSSR count). The highest BCUT2D eigenvalue weighted by molar-refractivity contribution is 7.99. The van der Waals surface area contributed by atoms with Crippen LogP contribution in [0.1, 0.15) is 20.8 Å². The predicted octanol–water partition coefficient (Wildman–Crippen LogP) is 1.88. The monoisotopic (exact) mass is 261 g/mol. The van der Waals surface area contributed by atoms with E-state index in [1.54, 1.807) is 26.8 Å². The molecule has 0 aliphatic heterocycles. The van der Waals surface area contributed by atoms with E-state index in [4.69, 9.17) is 9.84 Å². The highest BCUT2D eigenvalue weighted by atomic mass is 32.2. The van der Waals surface area contributed by atoms with Crippen LogP contribution in [0.5, 0.6) is 0 Å². The molecule has 0 saturated heterocycles. The van der Waals surface area contributed by atoms with Crippen molar-refractivity contribution in [2.45, 2.75) is 32.4 Å². The highest BCUT2D eigenvalue weighted by Crippen LogP contribution is 2.08. The number of carbonyl (C=O) groups excluding carboxylic acids is 1. The second-order valence-electron chi connectivity index (χ2n) is 4.36. The summed E-state index contributed by atoms with van der Waals surface area (Å²) in [6.45, 7) is 8.68. The quantitative estimate of drug-likeness (QED) is 0.564. The number of carbonyl (C=O) groups is 2. The zero-order valence-corrected chi connectivity index (χ0v) is 11.2. The van der Waals surface area contributed by atoms with Crippen molar-refractivity contribution in [3.05, 3.63) is 12.7 Å². The van der Waals surface area contributed by atoms with E-state index in [0.29, 0.717) is 5.75 Å². The Morgan fingerprint density at radius 3 is 2.53 bits per heavy atom. The third-order valence-corrected chi connectivity index (χ3v) is 2.55. The fourth-order valence-electron chi connectivity index (χ4n) is 0.894. The molecule has 0 fully saturated rings. The average molecular weight is 261 g/mol. The highest BCUT2D eigenvalue weighted by Gasteiger charge is 2.23. The van der Waals surface area contributed by atoms with Crippen molar-refractivity contribution in [3.63, 3.8) is 0 Å². The van der Waals surface area contributed by atoms with Crippen molar-refractivity contribution in [3.8, 4) is 0 Å². The second-order valence-corrected chi connectivity index (χ2v) is 5.44. The van der Waals surface area contributed by atoms with Gasteiger partial charge in [0.05, 0.1) is 0 Å². The van der Waals surface area contributed by atoms with Gasteiger partial charge in [-0.2, -0.15) is 11.8 Å². The SMILES string of the molecule is C=CCSC[C@H](NC(=O)OC(C)(C)C)C(=O)O. The Kier molecular flexibility index (Phi) is 6.72. The first-order valence-corrected chi connectivity index (χ1v) is 6.32. The fourth-order valence-corrected chi connectivity index (χ4v) is 1.66. The Morgan fingerprint density at radius 1 is 1.53 bits per heavy atom.